The van der Waals surface area contributed by atoms with Gasteiger partial charge in [0, 0.05) is 5.56 Å². The molecule has 2 aromatic carbocycles. The first kappa shape index (κ1) is 17.0. The van der Waals surface area contributed by atoms with Gasteiger partial charge in [-0.1, -0.05) is 42.1 Å². The molecule has 1 aromatic heterocycles. The molecule has 0 saturated carbocycles. The molecule has 0 spiro atoms. The Kier molecular flexibility index (Phi) is 4.64. The number of hydrogen-bond donors (Lipinski definition) is 0. The predicted octanol–water partition coefficient (Wildman–Crippen LogP) is 4.43. The molecule has 1 heterocycles. The van der Waals surface area contributed by atoms with Gasteiger partial charge in [-0.2, -0.15) is 0 Å². The number of aryl methyl sites for hydroxylation is 3. The number of carbonyl (C=O) groups is 1. The molecular formula is C21H21N3OS. The average Bonchev–Trinajstić information content (AvgIpc) is 3.30. The van der Waals surface area contributed by atoms with Gasteiger partial charge in [-0.15, -0.1) is 10.2 Å². The van der Waals surface area contributed by atoms with Crippen molar-refractivity contribution < 1.29 is 4.79 Å². The first-order valence-corrected chi connectivity index (χ1v) is 9.80. The second kappa shape index (κ2) is 7.08. The molecule has 4 nitrogen and oxygen atoms in total. The van der Waals surface area contributed by atoms with Gasteiger partial charge in [0.15, 0.2) is 10.9 Å². The molecule has 26 heavy (non-hydrogen) atoms. The van der Waals surface area contributed by atoms with Crippen LogP contribution in [0, 0.1) is 6.92 Å². The zero-order valence-electron chi connectivity index (χ0n) is 15.0. The summed E-state index contributed by atoms with van der Waals surface area (Å²) in [6.07, 6.45) is 5.11. The van der Waals surface area contributed by atoms with Crippen molar-refractivity contribution in [3.05, 3.63) is 71.0 Å². The molecule has 0 radical (unpaired) electrons. The number of fused-ring (bicyclic) bond motifs is 1. The number of thioether (sulfide) groups is 1. The lowest BCUT2D eigenvalue weighted by molar-refractivity contribution is 0.0993. The van der Waals surface area contributed by atoms with E-state index in [-0.39, 0.29) is 11.0 Å². The third kappa shape index (κ3) is 3.19. The molecule has 3 aromatic rings. The summed E-state index contributed by atoms with van der Waals surface area (Å²) in [5.41, 5.74) is 5.70. The Balaban J connectivity index is 1.56. The smallest absolute Gasteiger partial charge is 0.196 e. The lowest BCUT2D eigenvalue weighted by atomic mass is 10.0. The lowest BCUT2D eigenvalue weighted by Crippen LogP contribution is -2.15. The minimum atomic E-state index is -0.221. The summed E-state index contributed by atoms with van der Waals surface area (Å²) in [5.74, 6) is 0.143. The average molecular weight is 363 g/mol. The number of rotatable bonds is 5. The number of benzene rings is 2. The maximum Gasteiger partial charge on any atom is 0.196 e. The van der Waals surface area contributed by atoms with Crippen molar-refractivity contribution >= 4 is 17.5 Å². The standard InChI is InChI=1S/C21H21N3OS/c1-14-6-3-4-9-19(14)24-13-22-23-21(24)26-15(2)20(25)18-11-10-16-7-5-8-17(16)12-18/h3-4,6,9-13,15H,5,7-8H2,1-2H3. The normalized spacial score (nSPS) is 14.2. The van der Waals surface area contributed by atoms with E-state index in [1.165, 1.54) is 29.3 Å². The van der Waals surface area contributed by atoms with Crippen molar-refractivity contribution in [2.45, 2.75) is 43.5 Å². The van der Waals surface area contributed by atoms with E-state index in [1.807, 2.05) is 35.8 Å². The number of nitrogens with zero attached hydrogens (tertiary/aromatic N) is 3. The molecule has 0 fully saturated rings. The molecule has 1 aliphatic carbocycles. The molecule has 0 bridgehead atoms. The number of carbonyl (C=O) groups excluding carboxylic acids is 1. The summed E-state index contributed by atoms with van der Waals surface area (Å²) in [6, 6.07) is 14.3. The number of aromatic nitrogens is 3. The summed E-state index contributed by atoms with van der Waals surface area (Å²) < 4.78 is 1.95. The van der Waals surface area contributed by atoms with Gasteiger partial charge in [0.25, 0.3) is 0 Å². The second-order valence-electron chi connectivity index (χ2n) is 6.73. The molecule has 1 aliphatic rings. The van der Waals surface area contributed by atoms with E-state index in [4.69, 9.17) is 0 Å². The largest absolute Gasteiger partial charge is 0.293 e. The van der Waals surface area contributed by atoms with Crippen LogP contribution in [0.2, 0.25) is 0 Å². The molecule has 5 heteroatoms. The summed E-state index contributed by atoms with van der Waals surface area (Å²) in [5, 5.41) is 8.80. The van der Waals surface area contributed by atoms with Crippen LogP contribution in [0.25, 0.3) is 5.69 Å². The predicted molar refractivity (Wildman–Crippen MR) is 104 cm³/mol. The van der Waals surface area contributed by atoms with Crippen LogP contribution in [0.4, 0.5) is 0 Å². The quantitative estimate of drug-likeness (QED) is 0.497. The Morgan fingerprint density at radius 3 is 2.81 bits per heavy atom. The van der Waals surface area contributed by atoms with Gasteiger partial charge in [-0.25, -0.2) is 0 Å². The summed E-state index contributed by atoms with van der Waals surface area (Å²) in [6.45, 7) is 4.00. The Morgan fingerprint density at radius 1 is 1.15 bits per heavy atom. The maximum atomic E-state index is 12.9. The third-order valence-corrected chi connectivity index (χ3v) is 5.98. The lowest BCUT2D eigenvalue weighted by Gasteiger charge is -2.13. The highest BCUT2D eigenvalue weighted by Gasteiger charge is 2.22. The van der Waals surface area contributed by atoms with Crippen LogP contribution in [0.1, 0.15) is 40.4 Å². The maximum absolute atomic E-state index is 12.9. The van der Waals surface area contributed by atoms with E-state index >= 15 is 0 Å². The van der Waals surface area contributed by atoms with E-state index in [0.717, 1.165) is 34.8 Å². The molecule has 4 rings (SSSR count). The van der Waals surface area contributed by atoms with E-state index in [0.29, 0.717) is 0 Å². The third-order valence-electron chi connectivity index (χ3n) is 4.93. The van der Waals surface area contributed by atoms with Gasteiger partial charge in [0.05, 0.1) is 10.9 Å². The Morgan fingerprint density at radius 2 is 1.96 bits per heavy atom. The molecule has 132 valence electrons. The zero-order chi connectivity index (χ0) is 18.1. The van der Waals surface area contributed by atoms with Gasteiger partial charge < -0.3 is 0 Å². The van der Waals surface area contributed by atoms with Crippen LogP contribution in [-0.2, 0) is 12.8 Å². The van der Waals surface area contributed by atoms with Gasteiger partial charge in [0.1, 0.15) is 6.33 Å². The van der Waals surface area contributed by atoms with Crippen molar-refractivity contribution in [1.82, 2.24) is 14.8 Å². The van der Waals surface area contributed by atoms with E-state index < -0.39 is 0 Å². The molecule has 1 atom stereocenters. The van der Waals surface area contributed by atoms with Crippen molar-refractivity contribution in [2.75, 3.05) is 0 Å². The SMILES string of the molecule is Cc1ccccc1-n1cnnc1SC(C)C(=O)c1ccc2c(c1)CCC2. The molecule has 1 unspecified atom stereocenters. The number of Topliss-reactive ketones (excluding diaryl/α,β-unsaturated/α-hetero) is 1. The molecule has 0 saturated heterocycles. The van der Waals surface area contributed by atoms with Gasteiger partial charge in [0.2, 0.25) is 0 Å². The van der Waals surface area contributed by atoms with Gasteiger partial charge in [-0.05, 0) is 61.9 Å². The number of ketones is 1. The topological polar surface area (TPSA) is 47.8 Å². The second-order valence-corrected chi connectivity index (χ2v) is 8.04. The molecule has 0 amide bonds. The van der Waals surface area contributed by atoms with Crippen molar-refractivity contribution in [2.24, 2.45) is 0 Å². The minimum Gasteiger partial charge on any atom is -0.293 e. The summed E-state index contributed by atoms with van der Waals surface area (Å²) in [7, 11) is 0. The first-order valence-electron chi connectivity index (χ1n) is 8.92. The van der Waals surface area contributed by atoms with Crippen LogP contribution in [0.3, 0.4) is 0 Å². The Labute approximate surface area is 157 Å². The molecular weight excluding hydrogens is 342 g/mol. The van der Waals surface area contributed by atoms with Crippen LogP contribution >= 0.6 is 11.8 Å². The van der Waals surface area contributed by atoms with E-state index in [2.05, 4.69) is 35.3 Å². The Hall–Kier alpha value is -2.40. The fraction of sp³-hybridized carbons (Fsp3) is 0.286. The minimum absolute atomic E-state index is 0.143. The van der Waals surface area contributed by atoms with Crippen molar-refractivity contribution in [1.29, 1.82) is 0 Å². The number of para-hydroxylation sites is 1. The summed E-state index contributed by atoms with van der Waals surface area (Å²) in [4.78, 5) is 12.9. The zero-order valence-corrected chi connectivity index (χ0v) is 15.8. The molecule has 0 aliphatic heterocycles. The highest BCUT2D eigenvalue weighted by atomic mass is 32.2. The van der Waals surface area contributed by atoms with Crippen LogP contribution in [-0.4, -0.2) is 25.8 Å². The highest BCUT2D eigenvalue weighted by Crippen LogP contribution is 2.29. The monoisotopic (exact) mass is 363 g/mol. The van der Waals surface area contributed by atoms with Crippen LogP contribution < -0.4 is 0 Å². The summed E-state index contributed by atoms with van der Waals surface area (Å²) >= 11 is 1.46. The van der Waals surface area contributed by atoms with Crippen LogP contribution in [0.15, 0.2) is 53.9 Å². The van der Waals surface area contributed by atoms with E-state index in [9.17, 15) is 4.79 Å². The Bertz CT molecular complexity index is 963. The fourth-order valence-electron chi connectivity index (χ4n) is 3.48. The van der Waals surface area contributed by atoms with Gasteiger partial charge >= 0.3 is 0 Å². The highest BCUT2D eigenvalue weighted by molar-refractivity contribution is 8.00. The van der Waals surface area contributed by atoms with Crippen LogP contribution in [0.5, 0.6) is 0 Å². The van der Waals surface area contributed by atoms with Crippen molar-refractivity contribution in [3.8, 4) is 5.69 Å². The van der Waals surface area contributed by atoms with Gasteiger partial charge in [-0.3, -0.25) is 9.36 Å². The fourth-order valence-corrected chi connectivity index (χ4v) is 4.39. The first-order chi connectivity index (χ1) is 12.6. The molecule has 0 N–H and O–H groups in total. The van der Waals surface area contributed by atoms with E-state index in [1.54, 1.807) is 6.33 Å². The number of hydrogen-bond acceptors (Lipinski definition) is 4. The van der Waals surface area contributed by atoms with Crippen molar-refractivity contribution in [3.63, 3.8) is 0 Å².